The van der Waals surface area contributed by atoms with E-state index in [4.69, 9.17) is 4.74 Å². The van der Waals surface area contributed by atoms with Gasteiger partial charge in [0.25, 0.3) is 0 Å². The van der Waals surface area contributed by atoms with Crippen molar-refractivity contribution in [1.29, 1.82) is 0 Å². The Morgan fingerprint density at radius 1 is 1.06 bits per heavy atom. The summed E-state index contributed by atoms with van der Waals surface area (Å²) >= 11 is 0. The van der Waals surface area contributed by atoms with Crippen molar-refractivity contribution in [1.82, 2.24) is 5.32 Å². The Hall–Kier alpha value is -1.02. The van der Waals surface area contributed by atoms with E-state index in [2.05, 4.69) is 29.6 Å². The Labute approximate surface area is 111 Å². The minimum absolute atomic E-state index is 0.865. The Morgan fingerprint density at radius 2 is 1.78 bits per heavy atom. The average Bonchev–Trinajstić information content (AvgIpc) is 3.22. The van der Waals surface area contributed by atoms with E-state index in [0.29, 0.717) is 0 Å². The molecule has 1 N–H and O–H groups in total. The zero-order chi connectivity index (χ0) is 12.6. The van der Waals surface area contributed by atoms with E-state index in [-0.39, 0.29) is 0 Å². The summed E-state index contributed by atoms with van der Waals surface area (Å²) in [6.07, 6.45) is 9.33. The zero-order valence-electron chi connectivity index (χ0n) is 11.5. The number of benzene rings is 1. The van der Waals surface area contributed by atoms with Gasteiger partial charge in [-0.2, -0.15) is 0 Å². The lowest BCUT2D eigenvalue weighted by Crippen LogP contribution is -2.17. The van der Waals surface area contributed by atoms with E-state index >= 15 is 0 Å². The number of hydrogen-bond acceptors (Lipinski definition) is 2. The van der Waals surface area contributed by atoms with Gasteiger partial charge in [0.15, 0.2) is 0 Å². The van der Waals surface area contributed by atoms with Gasteiger partial charge in [0.1, 0.15) is 5.75 Å². The fraction of sp³-hybridized carbons (Fsp3) is 0.625. The Balaban J connectivity index is 1.48. The first-order chi connectivity index (χ1) is 8.88. The summed E-state index contributed by atoms with van der Waals surface area (Å²) in [4.78, 5) is 0. The van der Waals surface area contributed by atoms with Gasteiger partial charge in [0.05, 0.1) is 7.11 Å². The molecule has 1 aromatic carbocycles. The predicted molar refractivity (Wildman–Crippen MR) is 76.2 cm³/mol. The molecule has 2 nitrogen and oxygen atoms in total. The minimum atomic E-state index is 0.865. The van der Waals surface area contributed by atoms with Gasteiger partial charge < -0.3 is 10.1 Å². The lowest BCUT2D eigenvalue weighted by Gasteiger charge is -2.04. The summed E-state index contributed by atoms with van der Waals surface area (Å²) < 4.78 is 5.16. The van der Waals surface area contributed by atoms with Gasteiger partial charge in [-0.05, 0) is 56.3 Å². The van der Waals surface area contributed by atoms with Crippen LogP contribution in [0.4, 0.5) is 0 Å². The first-order valence-electron chi connectivity index (χ1n) is 7.25. The lowest BCUT2D eigenvalue weighted by atomic mass is 10.1. The summed E-state index contributed by atoms with van der Waals surface area (Å²) in [6, 6.07) is 9.31. The van der Waals surface area contributed by atoms with Crippen LogP contribution in [0.25, 0.3) is 0 Å². The first kappa shape index (κ1) is 13.4. The predicted octanol–water partition coefficient (Wildman–Crippen LogP) is 3.55. The molecular formula is C16H25NO. The molecule has 1 fully saturated rings. The van der Waals surface area contributed by atoms with Crippen LogP contribution in [0.2, 0.25) is 0 Å². The number of ether oxygens (including phenoxy) is 1. The van der Waals surface area contributed by atoms with E-state index in [1.54, 1.807) is 7.11 Å². The normalized spacial score (nSPS) is 14.7. The summed E-state index contributed by atoms with van der Waals surface area (Å²) in [5.74, 6) is 0.949. The molecule has 0 heterocycles. The van der Waals surface area contributed by atoms with Crippen molar-refractivity contribution in [2.24, 2.45) is 0 Å². The molecule has 1 aliphatic carbocycles. The molecule has 0 aliphatic heterocycles. The number of methoxy groups -OCH3 is 1. The van der Waals surface area contributed by atoms with Crippen molar-refractivity contribution >= 4 is 0 Å². The molecule has 1 aromatic rings. The highest BCUT2D eigenvalue weighted by Gasteiger charge is 2.19. The van der Waals surface area contributed by atoms with Crippen LogP contribution in [0.5, 0.6) is 5.75 Å². The van der Waals surface area contributed by atoms with Crippen molar-refractivity contribution < 1.29 is 4.74 Å². The molecule has 0 unspecified atom stereocenters. The van der Waals surface area contributed by atoms with Crippen molar-refractivity contribution in [2.45, 2.75) is 51.0 Å². The number of nitrogens with one attached hydrogen (secondary N) is 1. The van der Waals surface area contributed by atoms with E-state index in [1.165, 1.54) is 57.1 Å². The van der Waals surface area contributed by atoms with Crippen molar-refractivity contribution in [3.8, 4) is 5.75 Å². The molecular weight excluding hydrogens is 222 g/mol. The van der Waals surface area contributed by atoms with Crippen LogP contribution < -0.4 is 10.1 Å². The SMILES string of the molecule is COc1ccc(CCCCCCNC2CC2)cc1. The Bertz CT molecular complexity index is 329. The summed E-state index contributed by atoms with van der Waals surface area (Å²) in [7, 11) is 1.71. The van der Waals surface area contributed by atoms with Gasteiger partial charge in [-0.25, -0.2) is 0 Å². The topological polar surface area (TPSA) is 21.3 Å². The van der Waals surface area contributed by atoms with Gasteiger partial charge in [0.2, 0.25) is 0 Å². The van der Waals surface area contributed by atoms with Gasteiger partial charge in [-0.3, -0.25) is 0 Å². The standard InChI is InChI=1S/C16H25NO/c1-18-16-11-7-14(8-12-16)6-4-2-3-5-13-17-15-9-10-15/h7-8,11-12,15,17H,2-6,9-10,13H2,1H3. The van der Waals surface area contributed by atoms with E-state index in [1.807, 2.05) is 0 Å². The molecule has 100 valence electrons. The molecule has 0 aromatic heterocycles. The molecule has 0 spiro atoms. The lowest BCUT2D eigenvalue weighted by molar-refractivity contribution is 0.414. The second kappa shape index (κ2) is 7.42. The molecule has 18 heavy (non-hydrogen) atoms. The summed E-state index contributed by atoms with van der Waals surface area (Å²) in [6.45, 7) is 1.22. The smallest absolute Gasteiger partial charge is 0.118 e. The Kier molecular flexibility index (Phi) is 5.53. The fourth-order valence-electron chi connectivity index (χ4n) is 2.19. The third-order valence-electron chi connectivity index (χ3n) is 3.56. The van der Waals surface area contributed by atoms with Crippen molar-refractivity contribution in [3.63, 3.8) is 0 Å². The number of aryl methyl sites for hydroxylation is 1. The largest absolute Gasteiger partial charge is 0.497 e. The van der Waals surface area contributed by atoms with Crippen LogP contribution in [0.3, 0.4) is 0 Å². The summed E-state index contributed by atoms with van der Waals surface area (Å²) in [5.41, 5.74) is 1.42. The maximum Gasteiger partial charge on any atom is 0.118 e. The molecule has 2 heteroatoms. The van der Waals surface area contributed by atoms with Crippen LogP contribution in [0.1, 0.15) is 44.1 Å². The van der Waals surface area contributed by atoms with Crippen LogP contribution in [0, 0.1) is 0 Å². The highest BCUT2D eigenvalue weighted by atomic mass is 16.5. The maximum absolute atomic E-state index is 5.16. The van der Waals surface area contributed by atoms with Crippen LogP contribution in [-0.4, -0.2) is 19.7 Å². The molecule has 0 radical (unpaired) electrons. The van der Waals surface area contributed by atoms with Crippen molar-refractivity contribution in [3.05, 3.63) is 29.8 Å². The molecule has 1 saturated carbocycles. The summed E-state index contributed by atoms with van der Waals surface area (Å²) in [5, 5.41) is 3.56. The second-order valence-corrected chi connectivity index (χ2v) is 5.24. The highest BCUT2D eigenvalue weighted by Crippen LogP contribution is 2.18. The van der Waals surface area contributed by atoms with E-state index in [0.717, 1.165) is 11.8 Å². The number of unbranched alkanes of at least 4 members (excludes halogenated alkanes) is 3. The first-order valence-corrected chi connectivity index (χ1v) is 7.25. The molecule has 0 bridgehead atoms. The van der Waals surface area contributed by atoms with Gasteiger partial charge in [0, 0.05) is 6.04 Å². The van der Waals surface area contributed by atoms with Crippen LogP contribution >= 0.6 is 0 Å². The van der Waals surface area contributed by atoms with Crippen LogP contribution in [0.15, 0.2) is 24.3 Å². The second-order valence-electron chi connectivity index (χ2n) is 5.24. The molecule has 0 saturated heterocycles. The zero-order valence-corrected chi connectivity index (χ0v) is 11.5. The molecule has 2 rings (SSSR count). The van der Waals surface area contributed by atoms with E-state index < -0.39 is 0 Å². The van der Waals surface area contributed by atoms with Crippen molar-refractivity contribution in [2.75, 3.05) is 13.7 Å². The number of hydrogen-bond donors (Lipinski definition) is 1. The van der Waals surface area contributed by atoms with Gasteiger partial charge >= 0.3 is 0 Å². The molecule has 0 amide bonds. The average molecular weight is 247 g/mol. The van der Waals surface area contributed by atoms with Gasteiger partial charge in [-0.15, -0.1) is 0 Å². The molecule has 0 atom stereocenters. The highest BCUT2D eigenvalue weighted by molar-refractivity contribution is 5.27. The maximum atomic E-state index is 5.16. The Morgan fingerprint density at radius 3 is 2.44 bits per heavy atom. The molecule has 1 aliphatic rings. The fourth-order valence-corrected chi connectivity index (χ4v) is 2.19. The number of rotatable bonds is 9. The van der Waals surface area contributed by atoms with Crippen LogP contribution in [-0.2, 0) is 6.42 Å². The third kappa shape index (κ3) is 5.09. The van der Waals surface area contributed by atoms with Gasteiger partial charge in [-0.1, -0.05) is 25.0 Å². The monoisotopic (exact) mass is 247 g/mol. The quantitative estimate of drug-likeness (QED) is 0.674. The minimum Gasteiger partial charge on any atom is -0.497 e. The van der Waals surface area contributed by atoms with E-state index in [9.17, 15) is 0 Å². The third-order valence-corrected chi connectivity index (χ3v) is 3.56.